The second kappa shape index (κ2) is 5.99. The third kappa shape index (κ3) is 2.96. The van der Waals surface area contributed by atoms with Crippen molar-refractivity contribution in [1.29, 1.82) is 10.5 Å². The van der Waals surface area contributed by atoms with E-state index in [0.717, 1.165) is 11.0 Å². The number of hydrogen-bond donors (Lipinski definition) is 1. The Morgan fingerprint density at radius 2 is 1.94 bits per heavy atom. The normalized spacial score (nSPS) is 9.33. The molecule has 7 heteroatoms. The summed E-state index contributed by atoms with van der Waals surface area (Å²) in [6.45, 7) is -0.452. The van der Waals surface area contributed by atoms with Gasteiger partial charge in [0.25, 0.3) is 5.91 Å². The summed E-state index contributed by atoms with van der Waals surface area (Å²) in [5.41, 5.74) is 5.32. The lowest BCUT2D eigenvalue weighted by Crippen LogP contribution is -2.32. The Kier molecular flexibility index (Phi) is 4.64. The van der Waals surface area contributed by atoms with Crippen LogP contribution < -0.4 is 5.73 Å². The number of halogens is 2. The first kappa shape index (κ1) is 13.9. The van der Waals surface area contributed by atoms with Crippen LogP contribution in [0, 0.1) is 28.5 Å². The highest BCUT2D eigenvalue weighted by Gasteiger charge is 2.19. The number of nitriles is 2. The fourth-order valence-electron chi connectivity index (χ4n) is 1.27. The number of anilines is 1. The van der Waals surface area contributed by atoms with Gasteiger partial charge in [0.15, 0.2) is 0 Å². The lowest BCUT2D eigenvalue weighted by Gasteiger charge is -2.17. The molecule has 1 aromatic carbocycles. The van der Waals surface area contributed by atoms with Gasteiger partial charge in [-0.1, -0.05) is 0 Å². The van der Waals surface area contributed by atoms with Crippen molar-refractivity contribution < 1.29 is 9.18 Å². The van der Waals surface area contributed by atoms with Gasteiger partial charge < -0.3 is 10.6 Å². The van der Waals surface area contributed by atoms with Gasteiger partial charge in [0.1, 0.15) is 18.9 Å². The van der Waals surface area contributed by atoms with Crippen molar-refractivity contribution >= 4 is 27.5 Å². The maximum atomic E-state index is 13.1. The molecule has 0 saturated carbocycles. The molecule has 0 radical (unpaired) electrons. The van der Waals surface area contributed by atoms with Crippen molar-refractivity contribution in [2.75, 3.05) is 18.8 Å². The van der Waals surface area contributed by atoms with Gasteiger partial charge in [0, 0.05) is 4.47 Å². The van der Waals surface area contributed by atoms with Crippen molar-refractivity contribution in [1.82, 2.24) is 4.90 Å². The zero-order valence-corrected chi connectivity index (χ0v) is 10.7. The Balaban J connectivity index is 3.14. The molecule has 92 valence electrons. The summed E-state index contributed by atoms with van der Waals surface area (Å²) >= 11 is 3.04. The van der Waals surface area contributed by atoms with E-state index in [4.69, 9.17) is 16.3 Å². The second-order valence-corrected chi connectivity index (χ2v) is 4.19. The molecule has 0 spiro atoms. The summed E-state index contributed by atoms with van der Waals surface area (Å²) in [4.78, 5) is 13.1. The van der Waals surface area contributed by atoms with Crippen LogP contribution >= 0.6 is 15.9 Å². The van der Waals surface area contributed by atoms with Gasteiger partial charge >= 0.3 is 0 Å². The van der Waals surface area contributed by atoms with Crippen molar-refractivity contribution in [3.63, 3.8) is 0 Å². The van der Waals surface area contributed by atoms with E-state index in [0.29, 0.717) is 0 Å². The van der Waals surface area contributed by atoms with Crippen LogP contribution in [-0.2, 0) is 0 Å². The fraction of sp³-hybridized carbons (Fsp3) is 0.182. The maximum absolute atomic E-state index is 13.1. The number of carbonyl (C=O) groups excluding carboxylic acids is 1. The molecule has 0 saturated heterocycles. The molecular formula is C11H8BrFN4O. The van der Waals surface area contributed by atoms with Gasteiger partial charge in [-0.05, 0) is 28.1 Å². The average molecular weight is 311 g/mol. The van der Waals surface area contributed by atoms with Crippen molar-refractivity contribution in [3.05, 3.63) is 28.0 Å². The van der Waals surface area contributed by atoms with Gasteiger partial charge in [0.2, 0.25) is 0 Å². The van der Waals surface area contributed by atoms with Crippen LogP contribution in [0.15, 0.2) is 16.6 Å². The first-order valence-corrected chi connectivity index (χ1v) is 5.58. The summed E-state index contributed by atoms with van der Waals surface area (Å²) in [5, 5.41) is 17.2. The van der Waals surface area contributed by atoms with Crippen LogP contribution in [0.2, 0.25) is 0 Å². The first-order chi connectivity index (χ1) is 8.51. The zero-order valence-electron chi connectivity index (χ0n) is 9.15. The molecule has 1 amide bonds. The van der Waals surface area contributed by atoms with E-state index in [1.54, 1.807) is 12.1 Å². The minimum atomic E-state index is -0.648. The van der Waals surface area contributed by atoms with Crippen molar-refractivity contribution in [2.45, 2.75) is 0 Å². The van der Waals surface area contributed by atoms with Crippen LogP contribution in [-0.4, -0.2) is 23.9 Å². The molecule has 0 aromatic heterocycles. The minimum Gasteiger partial charge on any atom is -0.396 e. The quantitative estimate of drug-likeness (QED) is 0.678. The van der Waals surface area contributed by atoms with Gasteiger partial charge in [0.05, 0.1) is 23.4 Å². The molecule has 0 aliphatic heterocycles. The molecule has 1 rings (SSSR count). The lowest BCUT2D eigenvalue weighted by molar-refractivity contribution is 0.0794. The highest BCUT2D eigenvalue weighted by atomic mass is 79.9. The second-order valence-electron chi connectivity index (χ2n) is 3.33. The Morgan fingerprint density at radius 3 is 2.44 bits per heavy atom. The molecule has 5 nitrogen and oxygen atoms in total. The lowest BCUT2D eigenvalue weighted by atomic mass is 10.1. The van der Waals surface area contributed by atoms with Gasteiger partial charge in [-0.3, -0.25) is 4.79 Å². The third-order valence-electron chi connectivity index (χ3n) is 2.13. The topological polar surface area (TPSA) is 93.9 Å². The van der Waals surface area contributed by atoms with Crippen LogP contribution in [0.25, 0.3) is 0 Å². The summed E-state index contributed by atoms with van der Waals surface area (Å²) in [7, 11) is 0. The first-order valence-electron chi connectivity index (χ1n) is 4.79. The summed E-state index contributed by atoms with van der Waals surface area (Å²) in [6.07, 6.45) is 0. The maximum Gasteiger partial charge on any atom is 0.256 e. The fourth-order valence-corrected chi connectivity index (χ4v) is 1.76. The number of nitrogen functional groups attached to an aromatic ring is 1. The standard InChI is InChI=1S/C11H8BrFN4O/c12-8-6-9(13)10(16)5-7(8)11(18)17(3-1-14)4-2-15/h5-6H,3-4,16H2. The molecule has 0 bridgehead atoms. The van der Waals surface area contributed by atoms with E-state index >= 15 is 0 Å². The Labute approximate surface area is 111 Å². The monoisotopic (exact) mass is 310 g/mol. The number of nitrogens with zero attached hydrogens (tertiary/aromatic N) is 3. The third-order valence-corrected chi connectivity index (χ3v) is 2.78. The Bertz CT molecular complexity index is 545. The predicted octanol–water partition coefficient (Wildman–Crippen LogP) is 1.66. The van der Waals surface area contributed by atoms with Crippen LogP contribution in [0.3, 0.4) is 0 Å². The minimum absolute atomic E-state index is 0.111. The number of nitrogens with two attached hydrogens (primary N) is 1. The molecule has 18 heavy (non-hydrogen) atoms. The number of carbonyl (C=O) groups is 1. The molecule has 0 heterocycles. The van der Waals surface area contributed by atoms with E-state index in [-0.39, 0.29) is 28.8 Å². The number of benzene rings is 1. The molecule has 2 N–H and O–H groups in total. The Morgan fingerprint density at radius 1 is 1.39 bits per heavy atom. The van der Waals surface area contributed by atoms with E-state index in [2.05, 4.69) is 15.9 Å². The van der Waals surface area contributed by atoms with Crippen LogP contribution in [0.5, 0.6) is 0 Å². The number of hydrogen-bond acceptors (Lipinski definition) is 4. The van der Waals surface area contributed by atoms with E-state index in [9.17, 15) is 9.18 Å². The summed E-state index contributed by atoms with van der Waals surface area (Å²) < 4.78 is 13.4. The summed E-state index contributed by atoms with van der Waals surface area (Å²) in [6, 6.07) is 5.80. The largest absolute Gasteiger partial charge is 0.396 e. The smallest absolute Gasteiger partial charge is 0.256 e. The van der Waals surface area contributed by atoms with E-state index in [1.165, 1.54) is 6.07 Å². The van der Waals surface area contributed by atoms with Gasteiger partial charge in [-0.25, -0.2) is 4.39 Å². The van der Waals surface area contributed by atoms with Crippen molar-refractivity contribution in [2.24, 2.45) is 0 Å². The average Bonchev–Trinajstić information content (AvgIpc) is 2.33. The van der Waals surface area contributed by atoms with Crippen LogP contribution in [0.1, 0.15) is 10.4 Å². The van der Waals surface area contributed by atoms with E-state index < -0.39 is 11.7 Å². The number of amides is 1. The van der Waals surface area contributed by atoms with Gasteiger partial charge in [-0.2, -0.15) is 10.5 Å². The predicted molar refractivity (Wildman–Crippen MR) is 65.6 cm³/mol. The van der Waals surface area contributed by atoms with Crippen LogP contribution in [0.4, 0.5) is 10.1 Å². The number of rotatable bonds is 3. The molecule has 0 aliphatic carbocycles. The van der Waals surface area contributed by atoms with Crippen molar-refractivity contribution in [3.8, 4) is 12.1 Å². The molecule has 0 atom stereocenters. The molecule has 0 aliphatic rings. The zero-order chi connectivity index (χ0) is 13.7. The summed E-state index contributed by atoms with van der Waals surface area (Å²) in [5.74, 6) is -1.21. The molecule has 0 unspecified atom stereocenters. The molecular weight excluding hydrogens is 303 g/mol. The molecule has 0 fully saturated rings. The highest BCUT2D eigenvalue weighted by molar-refractivity contribution is 9.10. The highest BCUT2D eigenvalue weighted by Crippen LogP contribution is 2.24. The van der Waals surface area contributed by atoms with Gasteiger partial charge in [-0.15, -0.1) is 0 Å². The van der Waals surface area contributed by atoms with E-state index in [1.807, 2.05) is 0 Å². The SMILES string of the molecule is N#CCN(CC#N)C(=O)c1cc(N)c(F)cc1Br. The Hall–Kier alpha value is -2.12. The molecule has 1 aromatic rings.